The van der Waals surface area contributed by atoms with Crippen LogP contribution in [0.5, 0.6) is 0 Å². The lowest BCUT2D eigenvalue weighted by Gasteiger charge is -2.27. The van der Waals surface area contributed by atoms with Crippen molar-refractivity contribution in [2.24, 2.45) is 4.99 Å². The molecule has 0 atom stereocenters. The molecule has 0 unspecified atom stereocenters. The summed E-state index contributed by atoms with van der Waals surface area (Å²) in [6, 6.07) is 8.62. The predicted molar refractivity (Wildman–Crippen MR) is 128 cm³/mol. The Balaban J connectivity index is 0.00000300. The molecule has 8 heteroatoms. The van der Waals surface area contributed by atoms with Gasteiger partial charge in [-0.1, -0.05) is 24.3 Å². The molecule has 29 heavy (non-hydrogen) atoms. The normalized spacial score (nSPS) is 15.0. The Labute approximate surface area is 190 Å². The summed E-state index contributed by atoms with van der Waals surface area (Å²) in [5.74, 6) is 0.831. The number of halogens is 1. The molecular weight excluding hydrogens is 479 g/mol. The summed E-state index contributed by atoms with van der Waals surface area (Å²) < 4.78 is 7.44. The van der Waals surface area contributed by atoms with E-state index in [9.17, 15) is 0 Å². The lowest BCUT2D eigenvalue weighted by Crippen LogP contribution is -2.38. The lowest BCUT2D eigenvalue weighted by atomic mass is 10.1. The summed E-state index contributed by atoms with van der Waals surface area (Å²) in [5, 5.41) is 11.1. The maximum atomic E-state index is 5.45. The highest BCUT2D eigenvalue weighted by Gasteiger charge is 2.12. The highest BCUT2D eigenvalue weighted by molar-refractivity contribution is 14.0. The quantitative estimate of drug-likeness (QED) is 0.246. The molecule has 2 aromatic rings. The van der Waals surface area contributed by atoms with Gasteiger partial charge in [0.15, 0.2) is 5.96 Å². The molecule has 0 amide bonds. The van der Waals surface area contributed by atoms with Crippen LogP contribution in [0.2, 0.25) is 0 Å². The minimum absolute atomic E-state index is 0. The van der Waals surface area contributed by atoms with Gasteiger partial charge in [-0.3, -0.25) is 14.6 Å². The summed E-state index contributed by atoms with van der Waals surface area (Å²) in [5.41, 5.74) is 3.87. The van der Waals surface area contributed by atoms with Crippen molar-refractivity contribution in [1.82, 2.24) is 25.3 Å². The number of aromatic nitrogens is 2. The number of benzene rings is 1. The maximum Gasteiger partial charge on any atom is 0.191 e. The molecule has 2 N–H and O–H groups in total. The smallest absolute Gasteiger partial charge is 0.191 e. The number of ether oxygens (including phenoxy) is 1. The van der Waals surface area contributed by atoms with Gasteiger partial charge in [-0.2, -0.15) is 5.10 Å². The number of morpholine rings is 1. The van der Waals surface area contributed by atoms with Crippen LogP contribution < -0.4 is 10.6 Å². The second-order valence-corrected chi connectivity index (χ2v) is 7.14. The van der Waals surface area contributed by atoms with E-state index in [4.69, 9.17) is 4.74 Å². The monoisotopic (exact) mass is 512 g/mol. The van der Waals surface area contributed by atoms with E-state index in [2.05, 4.69) is 63.0 Å². The van der Waals surface area contributed by atoms with Crippen molar-refractivity contribution in [1.29, 1.82) is 0 Å². The number of nitrogens with zero attached hydrogens (tertiary/aromatic N) is 4. The van der Waals surface area contributed by atoms with Crippen LogP contribution >= 0.6 is 24.0 Å². The van der Waals surface area contributed by atoms with E-state index in [0.29, 0.717) is 0 Å². The van der Waals surface area contributed by atoms with Crippen molar-refractivity contribution in [3.05, 3.63) is 53.3 Å². The zero-order chi connectivity index (χ0) is 19.6. The third kappa shape index (κ3) is 7.94. The Hall–Kier alpha value is -1.65. The summed E-state index contributed by atoms with van der Waals surface area (Å²) >= 11 is 0. The van der Waals surface area contributed by atoms with Crippen LogP contribution in [0.3, 0.4) is 0 Å². The number of guanidine groups is 1. The van der Waals surface area contributed by atoms with Crippen molar-refractivity contribution in [2.75, 3.05) is 39.9 Å². The molecule has 1 aromatic carbocycles. The van der Waals surface area contributed by atoms with E-state index in [1.807, 2.05) is 17.9 Å². The Morgan fingerprint density at radius 1 is 1.17 bits per heavy atom. The number of aryl methyl sites for hydroxylation is 2. The molecule has 1 aliphatic heterocycles. The summed E-state index contributed by atoms with van der Waals surface area (Å²) in [6.45, 7) is 9.21. The molecule has 1 saturated heterocycles. The van der Waals surface area contributed by atoms with E-state index >= 15 is 0 Å². The van der Waals surface area contributed by atoms with Crippen LogP contribution in [0.4, 0.5) is 0 Å². The first-order valence-electron chi connectivity index (χ1n) is 10.0. The first-order valence-corrected chi connectivity index (χ1v) is 10.0. The van der Waals surface area contributed by atoms with Crippen LogP contribution in [0.25, 0.3) is 0 Å². The Bertz CT molecular complexity index is 757. The molecule has 1 fully saturated rings. The number of hydrogen-bond acceptors (Lipinski definition) is 4. The first-order chi connectivity index (χ1) is 13.7. The molecule has 0 aliphatic carbocycles. The molecule has 0 radical (unpaired) electrons. The van der Waals surface area contributed by atoms with Crippen LogP contribution in [-0.4, -0.2) is 60.5 Å². The van der Waals surface area contributed by atoms with Gasteiger partial charge in [0.05, 0.1) is 19.4 Å². The molecule has 160 valence electrons. The zero-order valence-electron chi connectivity index (χ0n) is 17.4. The summed E-state index contributed by atoms with van der Waals surface area (Å²) in [4.78, 5) is 6.79. The van der Waals surface area contributed by atoms with Crippen LogP contribution in [0.1, 0.15) is 23.1 Å². The van der Waals surface area contributed by atoms with Gasteiger partial charge in [0, 0.05) is 52.5 Å². The van der Waals surface area contributed by atoms with Gasteiger partial charge < -0.3 is 15.4 Å². The molecule has 0 bridgehead atoms. The van der Waals surface area contributed by atoms with Crippen molar-refractivity contribution < 1.29 is 4.74 Å². The number of nitrogens with one attached hydrogen (secondary N) is 2. The van der Waals surface area contributed by atoms with Crippen molar-refractivity contribution >= 4 is 29.9 Å². The fraction of sp³-hybridized carbons (Fsp3) is 0.524. The zero-order valence-corrected chi connectivity index (χ0v) is 19.8. The molecule has 0 saturated carbocycles. The Morgan fingerprint density at radius 2 is 1.93 bits per heavy atom. The van der Waals surface area contributed by atoms with Gasteiger partial charge in [-0.15, -0.1) is 24.0 Å². The molecule has 1 aliphatic rings. The van der Waals surface area contributed by atoms with Crippen molar-refractivity contribution in [2.45, 2.75) is 33.0 Å². The van der Waals surface area contributed by atoms with Gasteiger partial charge in [-0.05, 0) is 30.0 Å². The molecule has 1 aromatic heterocycles. The fourth-order valence-electron chi connectivity index (χ4n) is 3.32. The van der Waals surface area contributed by atoms with Gasteiger partial charge in [0.2, 0.25) is 0 Å². The third-order valence-corrected chi connectivity index (χ3v) is 4.90. The summed E-state index contributed by atoms with van der Waals surface area (Å²) in [6.07, 6.45) is 4.95. The number of hydrogen-bond donors (Lipinski definition) is 2. The fourth-order valence-corrected chi connectivity index (χ4v) is 3.32. The van der Waals surface area contributed by atoms with E-state index in [1.54, 1.807) is 0 Å². The highest BCUT2D eigenvalue weighted by atomic mass is 127. The van der Waals surface area contributed by atoms with Gasteiger partial charge >= 0.3 is 0 Å². The average Bonchev–Trinajstić information content (AvgIpc) is 3.14. The minimum atomic E-state index is 0. The van der Waals surface area contributed by atoms with E-state index in [0.717, 1.165) is 64.9 Å². The average molecular weight is 512 g/mol. The second kappa shape index (κ2) is 12.8. The SMILES string of the molecule is CN=C(NCCCn1cc(C)cn1)NCc1ccccc1CN1CCOCC1.I. The number of aliphatic imine (C=N–C) groups is 1. The highest BCUT2D eigenvalue weighted by Crippen LogP contribution is 2.13. The minimum Gasteiger partial charge on any atom is -0.379 e. The van der Waals surface area contributed by atoms with Crippen molar-refractivity contribution in [3.8, 4) is 0 Å². The van der Waals surface area contributed by atoms with Crippen LogP contribution in [-0.2, 0) is 24.4 Å². The van der Waals surface area contributed by atoms with E-state index < -0.39 is 0 Å². The van der Waals surface area contributed by atoms with Gasteiger partial charge in [-0.25, -0.2) is 0 Å². The van der Waals surface area contributed by atoms with E-state index in [1.165, 1.54) is 16.7 Å². The van der Waals surface area contributed by atoms with Gasteiger partial charge in [0.1, 0.15) is 0 Å². The Morgan fingerprint density at radius 3 is 2.62 bits per heavy atom. The first kappa shape index (κ1) is 23.6. The predicted octanol–water partition coefficient (Wildman–Crippen LogP) is 2.40. The number of rotatable bonds is 8. The molecule has 3 rings (SSSR count). The topological polar surface area (TPSA) is 66.7 Å². The second-order valence-electron chi connectivity index (χ2n) is 7.14. The standard InChI is InChI=1S/C21H32N6O.HI/c1-18-14-25-27(16-18)9-5-8-23-21(22-2)24-15-19-6-3-4-7-20(19)17-26-10-12-28-13-11-26;/h3-4,6-7,14,16H,5,8-13,15,17H2,1-2H3,(H2,22,23,24);1H. The lowest BCUT2D eigenvalue weighted by molar-refractivity contribution is 0.0341. The molecule has 2 heterocycles. The summed E-state index contributed by atoms with van der Waals surface area (Å²) in [7, 11) is 1.81. The van der Waals surface area contributed by atoms with Crippen molar-refractivity contribution in [3.63, 3.8) is 0 Å². The maximum absolute atomic E-state index is 5.45. The Kier molecular flexibility index (Phi) is 10.4. The van der Waals surface area contributed by atoms with Gasteiger partial charge in [0.25, 0.3) is 0 Å². The van der Waals surface area contributed by atoms with Crippen LogP contribution in [0.15, 0.2) is 41.7 Å². The third-order valence-electron chi connectivity index (χ3n) is 4.90. The molecular formula is C21H33IN6O. The van der Waals surface area contributed by atoms with E-state index in [-0.39, 0.29) is 24.0 Å². The van der Waals surface area contributed by atoms with Crippen LogP contribution in [0, 0.1) is 6.92 Å². The largest absolute Gasteiger partial charge is 0.379 e. The molecule has 0 spiro atoms. The molecule has 7 nitrogen and oxygen atoms in total.